The third-order valence-electron chi connectivity index (χ3n) is 11.8. The minimum atomic E-state index is -9.27. The van der Waals surface area contributed by atoms with E-state index in [4.69, 9.17) is 20.4 Å². The van der Waals surface area contributed by atoms with E-state index in [2.05, 4.69) is 28.4 Å². The predicted molar refractivity (Wildman–Crippen MR) is 209 cm³/mol. The Morgan fingerprint density at radius 2 is 0.322 bits per heavy atom. The lowest BCUT2D eigenvalue weighted by atomic mass is 9.96. The van der Waals surface area contributed by atoms with Crippen molar-refractivity contribution in [1.29, 1.82) is 0 Å². The number of hydrogen-bond acceptors (Lipinski definition) is 13. The van der Waals surface area contributed by atoms with E-state index in [1.54, 1.807) is 14.2 Å². The summed E-state index contributed by atoms with van der Waals surface area (Å²) in [5.74, 6) is -54.7. The second kappa shape index (κ2) is 23.6. The lowest BCUT2D eigenvalue weighted by Crippen LogP contribution is -2.74. The van der Waals surface area contributed by atoms with Crippen molar-refractivity contribution >= 4 is 0 Å². The van der Waals surface area contributed by atoms with E-state index in [9.17, 15) is 52.7 Å². The van der Waals surface area contributed by atoms with Crippen LogP contribution in [-0.2, 0) is 42.6 Å². The van der Waals surface area contributed by atoms with Crippen LogP contribution in [0.15, 0.2) is 0 Å². The van der Waals surface area contributed by atoms with Gasteiger partial charge in [0.25, 0.3) is 23.7 Å². The summed E-state index contributed by atoms with van der Waals surface area (Å²) in [6.07, 6.45) is -82.8. The molecule has 0 spiro atoms. The van der Waals surface area contributed by atoms with Crippen molar-refractivity contribution in [3.05, 3.63) is 0 Å². The fourth-order valence-electron chi connectivity index (χ4n) is 5.56. The highest BCUT2D eigenvalue weighted by atomic mass is 19.4. The molecule has 0 saturated carbocycles. The summed E-state index contributed by atoms with van der Waals surface area (Å²) in [4.78, 5) is 0. The Labute approximate surface area is 464 Å². The largest absolute Gasteiger partial charge is 0.453 e. The van der Waals surface area contributed by atoms with Crippen LogP contribution in [0.5, 0.6) is 0 Å². The molecule has 0 aliphatic carbocycles. The highest BCUT2D eigenvalue weighted by molar-refractivity contribution is 5.05. The van der Waals surface area contributed by atoms with Crippen molar-refractivity contribution in [2.75, 3.05) is 26.4 Å². The van der Waals surface area contributed by atoms with Gasteiger partial charge in [0.2, 0.25) is 0 Å². The molecule has 0 bridgehead atoms. The van der Waals surface area contributed by atoms with E-state index in [1.807, 2.05) is 0 Å². The second-order valence-electron chi connectivity index (χ2n) is 20.9. The molecular formula is C40H48F34O13. The first-order valence-electron chi connectivity index (χ1n) is 22.3. The molecule has 0 radical (unpaired) electrons. The van der Waals surface area contributed by atoms with Crippen LogP contribution in [0.25, 0.3) is 0 Å². The van der Waals surface area contributed by atoms with E-state index in [-0.39, 0.29) is 0 Å². The standard InChI is InChI=1S/C40H48F34O13/c1-17(2,23(41,42)13-75)81-31(55,56)27(49,50)21(9,10)79-29(53,35(63,64)86-39(71,72)37(67,68)83-19(5,6)25(45,46)15-77)33(59,60)85-34(61,62)30(54,36(65,66)87-40(73,74)38(69,70)84-20(7,8)26(47,48)16-78)80-22(11,12)28(51,52)32(57,58)82-18(3,4)24(43,44)14-76/h75-78H,13-16H2,1-12H3. The first-order chi connectivity index (χ1) is 37.1. The SMILES string of the molecule is CC(C)(OC(F)(F)C(F)(F)OC(F)(F)C(F)(OC(C)(C)C(F)(F)C(F)(F)OC(C)(C)C(F)(F)CO)C(F)(F)OC(F)(F)C(F)(OC(C)(C)C(F)(F)C(F)(F)OC(C)(C)C(F)(F)CO)C(F)(F)OC(F)(F)C(F)(F)OC(C)(C)C(F)(F)CO)C(F)(F)CO. The smallest absolute Gasteiger partial charge is 0.390 e. The third kappa shape index (κ3) is 15.3. The Hall–Kier alpha value is -2.90. The fourth-order valence-corrected chi connectivity index (χ4v) is 5.56. The molecule has 0 heterocycles. The van der Waals surface area contributed by atoms with Gasteiger partial charge in [-0.3, -0.25) is 0 Å². The molecule has 0 aromatic carbocycles. The molecule has 0 aliphatic rings. The molecule has 0 amide bonds. The molecule has 47 heteroatoms. The maximum atomic E-state index is 16.9. The van der Waals surface area contributed by atoms with Crippen LogP contribution in [0.2, 0.25) is 0 Å². The molecule has 524 valence electrons. The molecule has 0 saturated heterocycles. The summed E-state index contributed by atoms with van der Waals surface area (Å²) in [6.45, 7) is -20.9. The summed E-state index contributed by atoms with van der Waals surface area (Å²) in [5.41, 5.74) is -30.3. The molecule has 0 aromatic heterocycles. The van der Waals surface area contributed by atoms with Crippen LogP contribution in [0.1, 0.15) is 83.1 Å². The van der Waals surface area contributed by atoms with Crippen molar-refractivity contribution in [2.24, 2.45) is 0 Å². The van der Waals surface area contributed by atoms with Crippen LogP contribution in [0.3, 0.4) is 0 Å². The van der Waals surface area contributed by atoms with Crippen molar-refractivity contribution in [3.63, 3.8) is 0 Å². The molecule has 13 nitrogen and oxygen atoms in total. The van der Waals surface area contributed by atoms with Crippen LogP contribution in [0.4, 0.5) is 149 Å². The lowest BCUT2D eigenvalue weighted by molar-refractivity contribution is -0.599. The Balaban J connectivity index is 9.36. The monoisotopic (exact) mass is 1380 g/mol. The molecular weight excluding hydrogens is 1330 g/mol. The van der Waals surface area contributed by atoms with E-state index < -0.39 is 251 Å². The Kier molecular flexibility index (Phi) is 22.8. The van der Waals surface area contributed by atoms with Gasteiger partial charge in [-0.25, -0.2) is 49.3 Å². The number of alkyl halides is 34. The van der Waals surface area contributed by atoms with Crippen molar-refractivity contribution in [1.82, 2.24) is 0 Å². The Morgan fingerprint density at radius 1 is 0.184 bits per heavy atom. The second-order valence-corrected chi connectivity index (χ2v) is 20.9. The van der Waals surface area contributed by atoms with Gasteiger partial charge >= 0.3 is 84.6 Å². The van der Waals surface area contributed by atoms with Gasteiger partial charge < -0.3 is 48.8 Å². The summed E-state index contributed by atoms with van der Waals surface area (Å²) in [7, 11) is 0. The van der Waals surface area contributed by atoms with Gasteiger partial charge in [-0.2, -0.15) is 114 Å². The summed E-state index contributed by atoms with van der Waals surface area (Å²) in [6, 6.07) is 0. The molecule has 0 fully saturated rings. The Bertz CT molecular complexity index is 2170. The average Bonchev–Trinajstić information content (AvgIpc) is 3.25. The first kappa shape index (κ1) is 84.1. The van der Waals surface area contributed by atoms with Crippen LogP contribution < -0.4 is 0 Å². The van der Waals surface area contributed by atoms with Gasteiger partial charge in [-0.05, 0) is 83.1 Å². The molecule has 87 heavy (non-hydrogen) atoms. The van der Waals surface area contributed by atoms with Crippen LogP contribution in [0, 0.1) is 0 Å². The quantitative estimate of drug-likeness (QED) is 0.0439. The topological polar surface area (TPSA) is 164 Å². The third-order valence-corrected chi connectivity index (χ3v) is 11.8. The van der Waals surface area contributed by atoms with Gasteiger partial charge in [-0.15, -0.1) is 0 Å². The zero-order valence-corrected chi connectivity index (χ0v) is 45.1. The molecule has 2 unspecified atom stereocenters. The number of aliphatic hydroxyl groups is 4. The molecule has 0 aliphatic heterocycles. The van der Waals surface area contributed by atoms with Gasteiger partial charge in [0.15, 0.2) is 0 Å². The fraction of sp³-hybridized carbons (Fsp3) is 1.00. The lowest BCUT2D eigenvalue weighted by Gasteiger charge is -2.49. The van der Waals surface area contributed by atoms with Crippen molar-refractivity contribution in [3.8, 4) is 0 Å². The minimum absolute atomic E-state index is 0.456. The normalized spacial score (nSPS) is 17.9. The number of hydrogen-bond donors (Lipinski definition) is 4. The van der Waals surface area contributed by atoms with Gasteiger partial charge in [-0.1, -0.05) is 0 Å². The number of halogens is 34. The number of ether oxygens (including phenoxy) is 9. The van der Waals surface area contributed by atoms with Crippen LogP contribution >= 0.6 is 0 Å². The highest BCUT2D eigenvalue weighted by Crippen LogP contribution is 2.62. The summed E-state index contributed by atoms with van der Waals surface area (Å²) >= 11 is 0. The zero-order valence-electron chi connectivity index (χ0n) is 45.1. The first-order valence-corrected chi connectivity index (χ1v) is 22.3. The maximum Gasteiger partial charge on any atom is 0.453 e. The summed E-state index contributed by atoms with van der Waals surface area (Å²) < 4.78 is 541. The molecule has 0 rings (SSSR count). The molecule has 0 aromatic rings. The highest BCUT2D eigenvalue weighted by Gasteiger charge is 2.89. The average molecular weight is 1380 g/mol. The van der Waals surface area contributed by atoms with Crippen molar-refractivity contribution in [2.45, 2.75) is 225 Å². The maximum absolute atomic E-state index is 16.9. The van der Waals surface area contributed by atoms with Crippen molar-refractivity contribution < 1.29 is 212 Å². The molecule has 4 N–H and O–H groups in total. The van der Waals surface area contributed by atoms with E-state index in [0.29, 0.717) is 0 Å². The van der Waals surface area contributed by atoms with Gasteiger partial charge in [0.05, 0.1) is 0 Å². The number of rotatable bonds is 36. The summed E-state index contributed by atoms with van der Waals surface area (Å²) in [5, 5.41) is 35.0. The zero-order chi connectivity index (χ0) is 71.2. The van der Waals surface area contributed by atoms with Gasteiger partial charge in [0, 0.05) is 0 Å². The Morgan fingerprint density at radius 3 is 0.483 bits per heavy atom. The number of aliphatic hydroxyl groups excluding tert-OH is 4. The van der Waals surface area contributed by atoms with E-state index in [1.165, 1.54) is 0 Å². The van der Waals surface area contributed by atoms with Crippen LogP contribution in [-0.4, -0.2) is 189 Å². The van der Waals surface area contributed by atoms with Gasteiger partial charge in [0.1, 0.15) is 60.0 Å². The minimum Gasteiger partial charge on any atom is -0.390 e. The van der Waals surface area contributed by atoms with E-state index >= 15 is 96.6 Å². The molecule has 2 atom stereocenters. The predicted octanol–water partition coefficient (Wildman–Crippen LogP) is 12.8. The van der Waals surface area contributed by atoms with E-state index in [0.717, 1.165) is 0 Å².